The van der Waals surface area contributed by atoms with Crippen molar-refractivity contribution >= 4 is 16.8 Å². The second-order valence-electron chi connectivity index (χ2n) is 8.08. The first-order valence-electron chi connectivity index (χ1n) is 10.4. The van der Waals surface area contributed by atoms with Crippen molar-refractivity contribution in [3.8, 4) is 6.01 Å². The fourth-order valence-corrected chi connectivity index (χ4v) is 4.57. The molecule has 2 saturated heterocycles. The van der Waals surface area contributed by atoms with Gasteiger partial charge in [-0.15, -0.1) is 0 Å². The molecule has 0 saturated carbocycles. The Labute approximate surface area is 174 Å². The highest BCUT2D eigenvalue weighted by molar-refractivity contribution is 6.04. The minimum absolute atomic E-state index is 0.0112. The van der Waals surface area contributed by atoms with Gasteiger partial charge in [-0.05, 0) is 25.0 Å². The van der Waals surface area contributed by atoms with E-state index in [2.05, 4.69) is 15.1 Å². The van der Waals surface area contributed by atoms with Crippen molar-refractivity contribution in [3.63, 3.8) is 0 Å². The molecule has 1 aromatic carbocycles. The second kappa shape index (κ2) is 7.68. The summed E-state index contributed by atoms with van der Waals surface area (Å²) in [5, 5.41) is 5.39. The molecule has 8 nitrogen and oxygen atoms in total. The number of piperidine rings is 1. The molecule has 0 bridgehead atoms. The molecule has 2 aliphatic heterocycles. The Morgan fingerprint density at radius 3 is 2.73 bits per heavy atom. The minimum Gasteiger partial charge on any atom is -0.460 e. The number of carbonyl (C=O) groups excluding carboxylic acids is 1. The third kappa shape index (κ3) is 3.52. The van der Waals surface area contributed by atoms with Gasteiger partial charge in [-0.1, -0.05) is 18.2 Å². The number of nitrogens with zero attached hydrogens (tertiary/aromatic N) is 5. The summed E-state index contributed by atoms with van der Waals surface area (Å²) in [5.41, 5.74) is 1.24. The Bertz CT molecular complexity index is 1040. The second-order valence-corrected chi connectivity index (χ2v) is 8.08. The largest absolute Gasteiger partial charge is 0.460 e. The Balaban J connectivity index is 1.26. The van der Waals surface area contributed by atoms with Crippen LogP contribution in [-0.4, -0.2) is 62.0 Å². The summed E-state index contributed by atoms with van der Waals surface area (Å²) in [6.07, 6.45) is 6.59. The van der Waals surface area contributed by atoms with Gasteiger partial charge >= 0.3 is 6.01 Å². The number of aromatic nitrogens is 4. The zero-order chi connectivity index (χ0) is 20.6. The smallest absolute Gasteiger partial charge is 0.316 e. The lowest BCUT2D eigenvalue weighted by atomic mass is 9.83. The number of amides is 1. The van der Waals surface area contributed by atoms with Gasteiger partial charge < -0.3 is 14.4 Å². The highest BCUT2D eigenvalue weighted by Gasteiger charge is 2.42. The first kappa shape index (κ1) is 19.0. The molecule has 1 atom stereocenters. The van der Waals surface area contributed by atoms with E-state index in [1.54, 1.807) is 23.1 Å². The molecule has 4 heterocycles. The van der Waals surface area contributed by atoms with E-state index in [1.165, 1.54) is 0 Å². The summed E-state index contributed by atoms with van der Waals surface area (Å²) in [4.78, 5) is 23.4. The lowest BCUT2D eigenvalue weighted by Gasteiger charge is -2.45. The molecule has 0 N–H and O–H groups in total. The minimum atomic E-state index is -0.249. The summed E-state index contributed by atoms with van der Waals surface area (Å²) < 4.78 is 14.0. The standard InChI is InChI=1S/C22H25N5O3/c1-26-18-6-3-2-5-17(18)19(25-26)20(28)27-12-8-22(9-13-27)15-16(7-14-29-22)30-21-23-10-4-11-24-21/h2-6,10-11,16H,7-9,12-15H2,1H3. The SMILES string of the molecule is Cn1nc(C(=O)N2CCC3(CC2)CC(Oc2ncccn2)CCO3)c2ccccc21. The van der Waals surface area contributed by atoms with Crippen molar-refractivity contribution in [1.29, 1.82) is 0 Å². The molecule has 3 aromatic rings. The molecule has 0 radical (unpaired) electrons. The maximum atomic E-state index is 13.2. The number of aryl methyl sites for hydroxylation is 1. The van der Waals surface area contributed by atoms with E-state index in [0.717, 1.165) is 36.6 Å². The number of hydrogen-bond acceptors (Lipinski definition) is 6. The number of benzene rings is 1. The van der Waals surface area contributed by atoms with Crippen molar-refractivity contribution in [2.24, 2.45) is 7.05 Å². The van der Waals surface area contributed by atoms with Crippen LogP contribution in [0.1, 0.15) is 36.2 Å². The number of para-hydroxylation sites is 1. The van der Waals surface area contributed by atoms with Crippen LogP contribution in [0.3, 0.4) is 0 Å². The van der Waals surface area contributed by atoms with Gasteiger partial charge in [-0.2, -0.15) is 5.10 Å². The lowest BCUT2D eigenvalue weighted by Crippen LogP contribution is -2.52. The van der Waals surface area contributed by atoms with E-state index in [9.17, 15) is 4.79 Å². The zero-order valence-electron chi connectivity index (χ0n) is 17.0. The summed E-state index contributed by atoms with van der Waals surface area (Å²) in [6, 6.07) is 10.0. The number of ether oxygens (including phenoxy) is 2. The highest BCUT2D eigenvalue weighted by atomic mass is 16.5. The molecular formula is C22H25N5O3. The molecule has 2 aromatic heterocycles. The number of carbonyl (C=O) groups is 1. The number of hydrogen-bond donors (Lipinski definition) is 0. The van der Waals surface area contributed by atoms with Crippen molar-refractivity contribution in [2.75, 3.05) is 19.7 Å². The van der Waals surface area contributed by atoms with Crippen LogP contribution in [0.15, 0.2) is 42.7 Å². The van der Waals surface area contributed by atoms with Crippen LogP contribution < -0.4 is 4.74 Å². The van der Waals surface area contributed by atoms with E-state index in [1.807, 2.05) is 36.2 Å². The van der Waals surface area contributed by atoms with E-state index >= 15 is 0 Å². The van der Waals surface area contributed by atoms with Crippen molar-refractivity contribution in [2.45, 2.75) is 37.4 Å². The lowest BCUT2D eigenvalue weighted by molar-refractivity contribution is -0.136. The van der Waals surface area contributed by atoms with E-state index in [0.29, 0.717) is 31.4 Å². The van der Waals surface area contributed by atoms with E-state index < -0.39 is 0 Å². The number of rotatable bonds is 3. The summed E-state index contributed by atoms with van der Waals surface area (Å²) in [7, 11) is 1.87. The van der Waals surface area contributed by atoms with Crippen LogP contribution in [0.5, 0.6) is 6.01 Å². The Hall–Kier alpha value is -3.00. The first-order chi connectivity index (χ1) is 14.6. The molecule has 0 aliphatic carbocycles. The van der Waals surface area contributed by atoms with Crippen molar-refractivity contribution in [1.82, 2.24) is 24.6 Å². The van der Waals surface area contributed by atoms with E-state index in [4.69, 9.17) is 9.47 Å². The zero-order valence-corrected chi connectivity index (χ0v) is 17.0. The van der Waals surface area contributed by atoms with Gasteiger partial charge in [0.15, 0.2) is 5.69 Å². The van der Waals surface area contributed by atoms with Gasteiger partial charge in [0.1, 0.15) is 6.10 Å². The van der Waals surface area contributed by atoms with Crippen LogP contribution >= 0.6 is 0 Å². The van der Waals surface area contributed by atoms with Crippen LogP contribution in [0.2, 0.25) is 0 Å². The molecule has 2 fully saturated rings. The maximum absolute atomic E-state index is 13.2. The Kier molecular flexibility index (Phi) is 4.86. The molecule has 5 rings (SSSR count). The fraction of sp³-hybridized carbons (Fsp3) is 0.455. The van der Waals surface area contributed by atoms with Gasteiger partial charge in [-0.25, -0.2) is 9.97 Å². The summed E-state index contributed by atoms with van der Waals surface area (Å²) in [5.74, 6) is -0.0112. The normalized spacial score (nSPS) is 21.1. The third-order valence-corrected chi connectivity index (χ3v) is 6.18. The average Bonchev–Trinajstić information content (AvgIpc) is 3.12. The Morgan fingerprint density at radius 2 is 1.93 bits per heavy atom. The van der Waals surface area contributed by atoms with Crippen molar-refractivity contribution < 1.29 is 14.3 Å². The topological polar surface area (TPSA) is 82.4 Å². The predicted octanol–water partition coefficient (Wildman–Crippen LogP) is 2.60. The Morgan fingerprint density at radius 1 is 1.17 bits per heavy atom. The molecule has 1 spiro atoms. The van der Waals surface area contributed by atoms with Crippen LogP contribution in [-0.2, 0) is 11.8 Å². The van der Waals surface area contributed by atoms with Gasteiger partial charge in [0.05, 0.1) is 17.7 Å². The summed E-state index contributed by atoms with van der Waals surface area (Å²) in [6.45, 7) is 1.95. The molecule has 2 aliphatic rings. The monoisotopic (exact) mass is 407 g/mol. The first-order valence-corrected chi connectivity index (χ1v) is 10.4. The third-order valence-electron chi connectivity index (χ3n) is 6.18. The van der Waals surface area contributed by atoms with Crippen molar-refractivity contribution in [3.05, 3.63) is 48.4 Å². The maximum Gasteiger partial charge on any atom is 0.316 e. The molecule has 156 valence electrons. The van der Waals surface area contributed by atoms with Crippen LogP contribution in [0.25, 0.3) is 10.9 Å². The van der Waals surface area contributed by atoms with Gasteiger partial charge in [0, 0.05) is 50.8 Å². The van der Waals surface area contributed by atoms with Crippen LogP contribution in [0.4, 0.5) is 0 Å². The van der Waals surface area contributed by atoms with Gasteiger partial charge in [0.2, 0.25) is 0 Å². The molecule has 1 amide bonds. The average molecular weight is 407 g/mol. The van der Waals surface area contributed by atoms with Gasteiger partial charge in [-0.3, -0.25) is 9.48 Å². The van der Waals surface area contributed by atoms with Gasteiger partial charge in [0.25, 0.3) is 5.91 Å². The summed E-state index contributed by atoms with van der Waals surface area (Å²) >= 11 is 0. The molecule has 30 heavy (non-hydrogen) atoms. The molecule has 8 heteroatoms. The number of fused-ring (bicyclic) bond motifs is 1. The fourth-order valence-electron chi connectivity index (χ4n) is 4.57. The highest BCUT2D eigenvalue weighted by Crippen LogP contribution is 2.36. The molecular weight excluding hydrogens is 382 g/mol. The molecule has 1 unspecified atom stereocenters. The van der Waals surface area contributed by atoms with E-state index in [-0.39, 0.29) is 17.6 Å². The quantitative estimate of drug-likeness (QED) is 0.664. The number of likely N-dealkylation sites (tertiary alicyclic amines) is 1. The van der Waals surface area contributed by atoms with Crippen LogP contribution in [0, 0.1) is 0 Å². The predicted molar refractivity (Wildman–Crippen MR) is 110 cm³/mol.